The number of aromatic nitrogens is 2. The van der Waals surface area contributed by atoms with Crippen LogP contribution >= 0.6 is 0 Å². The molecule has 22 heavy (non-hydrogen) atoms. The first-order chi connectivity index (χ1) is 10.7. The third kappa shape index (κ3) is 4.77. The van der Waals surface area contributed by atoms with E-state index in [0.717, 1.165) is 35.9 Å². The Morgan fingerprint density at radius 3 is 2.77 bits per heavy atom. The monoisotopic (exact) mass is 303 g/mol. The van der Waals surface area contributed by atoms with Gasteiger partial charge in [0.25, 0.3) is 0 Å². The molecular weight excluding hydrogens is 278 g/mol. The molecule has 0 fully saturated rings. The van der Waals surface area contributed by atoms with Gasteiger partial charge in [-0.2, -0.15) is 0 Å². The molecule has 0 unspecified atom stereocenters. The van der Waals surface area contributed by atoms with Crippen LogP contribution < -0.4 is 14.8 Å². The quantitative estimate of drug-likeness (QED) is 0.746. The van der Waals surface area contributed by atoms with Crippen LogP contribution in [0.15, 0.2) is 30.6 Å². The van der Waals surface area contributed by atoms with Crippen LogP contribution in [0.3, 0.4) is 0 Å². The third-order valence-corrected chi connectivity index (χ3v) is 3.39. The van der Waals surface area contributed by atoms with Gasteiger partial charge in [0, 0.05) is 18.9 Å². The molecule has 0 aliphatic rings. The number of aromatic amines is 1. The van der Waals surface area contributed by atoms with Gasteiger partial charge in [-0.15, -0.1) is 0 Å². The van der Waals surface area contributed by atoms with E-state index in [1.54, 1.807) is 6.20 Å². The van der Waals surface area contributed by atoms with Crippen LogP contribution in [-0.4, -0.2) is 22.7 Å². The van der Waals surface area contributed by atoms with Crippen molar-refractivity contribution in [3.8, 4) is 11.5 Å². The van der Waals surface area contributed by atoms with Crippen molar-refractivity contribution in [1.29, 1.82) is 0 Å². The number of rotatable bonds is 9. The van der Waals surface area contributed by atoms with E-state index >= 15 is 0 Å². The van der Waals surface area contributed by atoms with Crippen LogP contribution in [0.5, 0.6) is 11.5 Å². The Balaban J connectivity index is 1.98. The minimum atomic E-state index is 0.183. The first-order valence-electron chi connectivity index (χ1n) is 7.84. The van der Waals surface area contributed by atoms with E-state index in [4.69, 9.17) is 9.47 Å². The molecule has 0 aliphatic carbocycles. The van der Waals surface area contributed by atoms with E-state index in [1.165, 1.54) is 0 Å². The average molecular weight is 303 g/mol. The van der Waals surface area contributed by atoms with Gasteiger partial charge in [0.15, 0.2) is 11.5 Å². The molecule has 0 amide bonds. The standard InChI is InChI=1S/C17H25N3O2/c1-4-13(3)22-15-7-6-14(10-16(15)21-5-2)11-18-12-17-19-8-9-20-17/h6-10,13,18H,4-5,11-12H2,1-3H3,(H,19,20)/t13-/m1/s1. The second-order valence-corrected chi connectivity index (χ2v) is 5.19. The highest BCUT2D eigenvalue weighted by Gasteiger charge is 2.09. The van der Waals surface area contributed by atoms with Crippen molar-refractivity contribution >= 4 is 0 Å². The fourth-order valence-electron chi connectivity index (χ4n) is 2.05. The van der Waals surface area contributed by atoms with E-state index in [9.17, 15) is 0 Å². The highest BCUT2D eigenvalue weighted by molar-refractivity contribution is 5.43. The molecule has 0 radical (unpaired) electrons. The zero-order valence-corrected chi connectivity index (χ0v) is 13.6. The number of H-pyrrole nitrogens is 1. The topological polar surface area (TPSA) is 59.2 Å². The summed E-state index contributed by atoms with van der Waals surface area (Å²) in [6.07, 6.45) is 4.73. The Morgan fingerprint density at radius 1 is 1.23 bits per heavy atom. The van der Waals surface area contributed by atoms with E-state index in [2.05, 4.69) is 35.2 Å². The molecule has 2 N–H and O–H groups in total. The van der Waals surface area contributed by atoms with Crippen LogP contribution in [-0.2, 0) is 13.1 Å². The minimum absolute atomic E-state index is 0.183. The summed E-state index contributed by atoms with van der Waals surface area (Å²) in [6, 6.07) is 6.09. The Kier molecular flexibility index (Phi) is 6.27. The van der Waals surface area contributed by atoms with Gasteiger partial charge in [-0.3, -0.25) is 0 Å². The number of hydrogen-bond acceptors (Lipinski definition) is 4. The Bertz CT molecular complexity index is 555. The molecule has 1 heterocycles. The summed E-state index contributed by atoms with van der Waals surface area (Å²) in [5, 5.41) is 3.35. The SMILES string of the molecule is CCOc1cc(CNCc2ncc[nH]2)ccc1O[C@H](C)CC. The average Bonchev–Trinajstić information content (AvgIpc) is 3.03. The minimum Gasteiger partial charge on any atom is -0.490 e. The number of hydrogen-bond donors (Lipinski definition) is 2. The van der Waals surface area contributed by atoms with Crippen LogP contribution in [0.1, 0.15) is 38.6 Å². The third-order valence-electron chi connectivity index (χ3n) is 3.39. The second kappa shape index (κ2) is 8.44. The van der Waals surface area contributed by atoms with E-state index in [1.807, 2.05) is 25.3 Å². The molecular formula is C17H25N3O2. The summed E-state index contributed by atoms with van der Waals surface area (Å²) in [5.74, 6) is 2.55. The summed E-state index contributed by atoms with van der Waals surface area (Å²) in [4.78, 5) is 7.26. The van der Waals surface area contributed by atoms with Crippen molar-refractivity contribution in [1.82, 2.24) is 15.3 Å². The Hall–Kier alpha value is -2.01. The number of nitrogens with zero attached hydrogens (tertiary/aromatic N) is 1. The maximum Gasteiger partial charge on any atom is 0.161 e. The summed E-state index contributed by atoms with van der Waals surface area (Å²) >= 11 is 0. The largest absolute Gasteiger partial charge is 0.490 e. The molecule has 1 aromatic carbocycles. The van der Waals surface area contributed by atoms with Crippen LogP contribution in [0.2, 0.25) is 0 Å². The van der Waals surface area contributed by atoms with Gasteiger partial charge in [-0.05, 0) is 38.0 Å². The van der Waals surface area contributed by atoms with Crippen molar-refractivity contribution in [2.75, 3.05) is 6.61 Å². The molecule has 1 atom stereocenters. The predicted octanol–water partition coefficient (Wildman–Crippen LogP) is 3.28. The van der Waals surface area contributed by atoms with Gasteiger partial charge in [0.05, 0.1) is 19.3 Å². The smallest absolute Gasteiger partial charge is 0.161 e. The molecule has 0 aliphatic heterocycles. The summed E-state index contributed by atoms with van der Waals surface area (Å²) in [7, 11) is 0. The highest BCUT2D eigenvalue weighted by atomic mass is 16.5. The molecule has 1 aromatic heterocycles. The second-order valence-electron chi connectivity index (χ2n) is 5.19. The maximum absolute atomic E-state index is 5.91. The van der Waals surface area contributed by atoms with Crippen LogP contribution in [0, 0.1) is 0 Å². The maximum atomic E-state index is 5.91. The zero-order chi connectivity index (χ0) is 15.8. The van der Waals surface area contributed by atoms with Crippen molar-refractivity contribution in [2.24, 2.45) is 0 Å². The van der Waals surface area contributed by atoms with Gasteiger partial charge < -0.3 is 19.8 Å². The molecule has 0 saturated heterocycles. The van der Waals surface area contributed by atoms with Crippen LogP contribution in [0.4, 0.5) is 0 Å². The first-order valence-corrected chi connectivity index (χ1v) is 7.84. The summed E-state index contributed by atoms with van der Waals surface area (Å²) in [6.45, 7) is 8.24. The lowest BCUT2D eigenvalue weighted by atomic mass is 10.2. The molecule has 2 aromatic rings. The summed E-state index contributed by atoms with van der Waals surface area (Å²) in [5.41, 5.74) is 1.16. The Labute approximate surface area is 132 Å². The fraction of sp³-hybridized carbons (Fsp3) is 0.471. The lowest BCUT2D eigenvalue weighted by Gasteiger charge is -2.17. The molecule has 120 valence electrons. The zero-order valence-electron chi connectivity index (χ0n) is 13.6. The van der Waals surface area contributed by atoms with E-state index in [0.29, 0.717) is 13.2 Å². The molecule has 2 rings (SSSR count). The molecule has 5 heteroatoms. The van der Waals surface area contributed by atoms with Crippen molar-refractivity contribution < 1.29 is 9.47 Å². The van der Waals surface area contributed by atoms with Gasteiger partial charge in [0.1, 0.15) is 5.82 Å². The fourth-order valence-corrected chi connectivity index (χ4v) is 2.05. The molecule has 0 saturated carbocycles. The normalized spacial score (nSPS) is 12.1. The Morgan fingerprint density at radius 2 is 2.09 bits per heavy atom. The van der Waals surface area contributed by atoms with Gasteiger partial charge in [0.2, 0.25) is 0 Å². The number of benzene rings is 1. The van der Waals surface area contributed by atoms with E-state index in [-0.39, 0.29) is 6.10 Å². The van der Waals surface area contributed by atoms with Gasteiger partial charge in [-0.25, -0.2) is 4.98 Å². The lowest BCUT2D eigenvalue weighted by Crippen LogP contribution is -2.14. The summed E-state index contributed by atoms with van der Waals surface area (Å²) < 4.78 is 11.6. The number of nitrogens with one attached hydrogen (secondary N) is 2. The van der Waals surface area contributed by atoms with Crippen molar-refractivity contribution in [3.05, 3.63) is 42.0 Å². The molecule has 0 spiro atoms. The van der Waals surface area contributed by atoms with Crippen molar-refractivity contribution in [3.63, 3.8) is 0 Å². The van der Waals surface area contributed by atoms with Crippen molar-refractivity contribution in [2.45, 2.75) is 46.4 Å². The lowest BCUT2D eigenvalue weighted by molar-refractivity contribution is 0.203. The first kappa shape index (κ1) is 16.4. The number of ether oxygens (including phenoxy) is 2. The predicted molar refractivity (Wildman–Crippen MR) is 87.1 cm³/mol. The number of imidazole rings is 1. The highest BCUT2D eigenvalue weighted by Crippen LogP contribution is 2.29. The molecule has 5 nitrogen and oxygen atoms in total. The van der Waals surface area contributed by atoms with Gasteiger partial charge >= 0.3 is 0 Å². The van der Waals surface area contributed by atoms with Gasteiger partial charge in [-0.1, -0.05) is 13.0 Å². The van der Waals surface area contributed by atoms with Crippen LogP contribution in [0.25, 0.3) is 0 Å². The molecule has 0 bridgehead atoms. The van der Waals surface area contributed by atoms with E-state index < -0.39 is 0 Å².